The zero-order valence-corrected chi connectivity index (χ0v) is 11.0. The molecule has 0 radical (unpaired) electrons. The number of aliphatic carboxylic acids is 1. The Labute approximate surface area is 111 Å². The van der Waals surface area contributed by atoms with Gasteiger partial charge in [0, 0.05) is 31.0 Å². The maximum absolute atomic E-state index is 10.8. The van der Waals surface area contributed by atoms with Crippen molar-refractivity contribution in [3.63, 3.8) is 0 Å². The van der Waals surface area contributed by atoms with Gasteiger partial charge in [-0.1, -0.05) is 6.42 Å². The molecule has 2 aromatic heterocycles. The van der Waals surface area contributed by atoms with Crippen molar-refractivity contribution >= 4 is 17.0 Å². The Morgan fingerprint density at radius 1 is 1.47 bits per heavy atom. The van der Waals surface area contributed by atoms with Crippen molar-refractivity contribution in [1.29, 1.82) is 0 Å². The molecule has 0 amide bonds. The van der Waals surface area contributed by atoms with Crippen LogP contribution in [-0.2, 0) is 18.3 Å². The zero-order valence-electron chi connectivity index (χ0n) is 11.0. The van der Waals surface area contributed by atoms with Gasteiger partial charge in [-0.25, -0.2) is 9.97 Å². The standard InChI is InChI=1S/C14H17N3O2/c1-17-7-10(5-6-11(18)19)12-13(9-3-2-4-9)15-8-16-14(12)17/h7-9H,2-6H2,1H3,(H,18,19). The predicted octanol–water partition coefficient (Wildman–Crippen LogP) is 2.25. The maximum Gasteiger partial charge on any atom is 0.303 e. The Morgan fingerprint density at radius 2 is 2.26 bits per heavy atom. The van der Waals surface area contributed by atoms with Gasteiger partial charge in [-0.3, -0.25) is 4.79 Å². The number of aromatic nitrogens is 3. The van der Waals surface area contributed by atoms with E-state index >= 15 is 0 Å². The summed E-state index contributed by atoms with van der Waals surface area (Å²) in [6.07, 6.45) is 7.92. The number of aryl methyl sites for hydroxylation is 2. The van der Waals surface area contributed by atoms with Gasteiger partial charge in [0.1, 0.15) is 12.0 Å². The number of carboxylic acids is 1. The van der Waals surface area contributed by atoms with Crippen molar-refractivity contribution in [2.24, 2.45) is 7.05 Å². The van der Waals surface area contributed by atoms with Gasteiger partial charge in [0.15, 0.2) is 0 Å². The fourth-order valence-electron chi connectivity index (χ4n) is 2.75. The molecule has 0 saturated heterocycles. The molecule has 5 nitrogen and oxygen atoms in total. The van der Waals surface area contributed by atoms with Crippen molar-refractivity contribution in [3.05, 3.63) is 23.8 Å². The van der Waals surface area contributed by atoms with Gasteiger partial charge in [0.2, 0.25) is 0 Å². The Kier molecular flexibility index (Phi) is 2.97. The van der Waals surface area contributed by atoms with E-state index in [0.29, 0.717) is 12.3 Å². The number of carbonyl (C=O) groups is 1. The molecule has 1 fully saturated rings. The maximum atomic E-state index is 10.8. The summed E-state index contributed by atoms with van der Waals surface area (Å²) in [5, 5.41) is 9.93. The normalized spacial score (nSPS) is 15.6. The molecule has 2 aromatic rings. The van der Waals surface area contributed by atoms with E-state index in [4.69, 9.17) is 5.11 Å². The van der Waals surface area contributed by atoms with Crippen molar-refractivity contribution in [2.75, 3.05) is 0 Å². The molecule has 100 valence electrons. The second-order valence-corrected chi connectivity index (χ2v) is 5.24. The molecule has 3 rings (SSSR count). The first-order chi connectivity index (χ1) is 9.16. The molecule has 0 spiro atoms. The van der Waals surface area contributed by atoms with Crippen LogP contribution in [0.25, 0.3) is 11.0 Å². The van der Waals surface area contributed by atoms with E-state index in [0.717, 1.165) is 22.3 Å². The van der Waals surface area contributed by atoms with Crippen molar-refractivity contribution < 1.29 is 9.90 Å². The van der Waals surface area contributed by atoms with Crippen LogP contribution in [-0.4, -0.2) is 25.6 Å². The summed E-state index contributed by atoms with van der Waals surface area (Å²) in [5.41, 5.74) is 3.08. The lowest BCUT2D eigenvalue weighted by atomic mass is 9.81. The first kappa shape index (κ1) is 12.1. The van der Waals surface area contributed by atoms with Crippen molar-refractivity contribution in [2.45, 2.75) is 38.0 Å². The molecule has 0 atom stereocenters. The van der Waals surface area contributed by atoms with Crippen molar-refractivity contribution in [3.8, 4) is 0 Å². The number of hydrogen-bond acceptors (Lipinski definition) is 3. The third-order valence-electron chi connectivity index (χ3n) is 3.96. The molecule has 1 saturated carbocycles. The monoisotopic (exact) mass is 259 g/mol. The van der Waals surface area contributed by atoms with Gasteiger partial charge in [-0.2, -0.15) is 0 Å². The van der Waals surface area contributed by atoms with E-state index in [1.54, 1.807) is 6.33 Å². The first-order valence-electron chi connectivity index (χ1n) is 6.67. The van der Waals surface area contributed by atoms with Gasteiger partial charge < -0.3 is 9.67 Å². The molecular formula is C14H17N3O2. The molecule has 5 heteroatoms. The molecule has 0 bridgehead atoms. The Morgan fingerprint density at radius 3 is 2.89 bits per heavy atom. The lowest BCUT2D eigenvalue weighted by Gasteiger charge is -2.25. The third kappa shape index (κ3) is 2.09. The highest BCUT2D eigenvalue weighted by molar-refractivity contribution is 5.84. The largest absolute Gasteiger partial charge is 0.481 e. The zero-order chi connectivity index (χ0) is 13.4. The van der Waals surface area contributed by atoms with Gasteiger partial charge in [0.05, 0.1) is 5.69 Å². The SMILES string of the molecule is Cn1cc(CCC(=O)O)c2c(C3CCC3)ncnc21. The minimum absolute atomic E-state index is 0.151. The van der Waals surface area contributed by atoms with Crippen LogP contribution in [0, 0.1) is 0 Å². The van der Waals surface area contributed by atoms with E-state index < -0.39 is 5.97 Å². The smallest absolute Gasteiger partial charge is 0.303 e. The summed E-state index contributed by atoms with van der Waals surface area (Å²) in [4.78, 5) is 19.6. The predicted molar refractivity (Wildman–Crippen MR) is 71.1 cm³/mol. The summed E-state index contributed by atoms with van der Waals surface area (Å²) in [5.74, 6) is -0.240. The summed E-state index contributed by atoms with van der Waals surface area (Å²) in [6, 6.07) is 0. The molecule has 1 aliphatic carbocycles. The van der Waals surface area contributed by atoms with Crippen LogP contribution < -0.4 is 0 Å². The summed E-state index contributed by atoms with van der Waals surface area (Å²) in [6.45, 7) is 0. The highest BCUT2D eigenvalue weighted by atomic mass is 16.4. The Balaban J connectivity index is 2.07. The molecule has 0 aliphatic heterocycles. The Hall–Kier alpha value is -1.91. The Bertz CT molecular complexity index is 629. The van der Waals surface area contributed by atoms with Crippen molar-refractivity contribution in [1.82, 2.24) is 14.5 Å². The number of fused-ring (bicyclic) bond motifs is 1. The number of rotatable bonds is 4. The van der Waals surface area contributed by atoms with E-state index in [1.807, 2.05) is 17.8 Å². The number of hydrogen-bond donors (Lipinski definition) is 1. The fraction of sp³-hybridized carbons (Fsp3) is 0.500. The molecule has 2 heterocycles. The molecule has 0 aromatic carbocycles. The van der Waals surface area contributed by atoms with Crippen LogP contribution in [0.15, 0.2) is 12.5 Å². The van der Waals surface area contributed by atoms with E-state index in [2.05, 4.69) is 9.97 Å². The molecule has 1 aliphatic rings. The molecule has 19 heavy (non-hydrogen) atoms. The third-order valence-corrected chi connectivity index (χ3v) is 3.96. The average molecular weight is 259 g/mol. The lowest BCUT2D eigenvalue weighted by molar-refractivity contribution is -0.136. The second-order valence-electron chi connectivity index (χ2n) is 5.24. The lowest BCUT2D eigenvalue weighted by Crippen LogP contribution is -2.12. The van der Waals surface area contributed by atoms with Crippen LogP contribution in [0.4, 0.5) is 0 Å². The van der Waals surface area contributed by atoms with Gasteiger partial charge in [-0.15, -0.1) is 0 Å². The number of carboxylic acid groups (broad SMARTS) is 1. The quantitative estimate of drug-likeness (QED) is 0.914. The van der Waals surface area contributed by atoms with Gasteiger partial charge >= 0.3 is 5.97 Å². The second kappa shape index (κ2) is 4.64. The van der Waals surface area contributed by atoms with Gasteiger partial charge in [-0.05, 0) is 24.8 Å². The van der Waals surface area contributed by atoms with E-state index in [-0.39, 0.29) is 6.42 Å². The highest BCUT2D eigenvalue weighted by Gasteiger charge is 2.25. The summed E-state index contributed by atoms with van der Waals surface area (Å²) >= 11 is 0. The minimum Gasteiger partial charge on any atom is -0.481 e. The topological polar surface area (TPSA) is 68.0 Å². The van der Waals surface area contributed by atoms with Crippen LogP contribution >= 0.6 is 0 Å². The summed E-state index contributed by atoms with van der Waals surface area (Å²) in [7, 11) is 1.95. The minimum atomic E-state index is -0.765. The van der Waals surface area contributed by atoms with E-state index in [1.165, 1.54) is 19.3 Å². The fourth-order valence-corrected chi connectivity index (χ4v) is 2.75. The average Bonchev–Trinajstić information content (AvgIpc) is 2.63. The summed E-state index contributed by atoms with van der Waals surface area (Å²) < 4.78 is 1.97. The van der Waals surface area contributed by atoms with E-state index in [9.17, 15) is 4.79 Å². The van der Waals surface area contributed by atoms with Crippen LogP contribution in [0.3, 0.4) is 0 Å². The highest BCUT2D eigenvalue weighted by Crippen LogP contribution is 2.39. The first-order valence-corrected chi connectivity index (χ1v) is 6.67. The molecular weight excluding hydrogens is 242 g/mol. The van der Waals surface area contributed by atoms with Gasteiger partial charge in [0.25, 0.3) is 0 Å². The van der Waals surface area contributed by atoms with Crippen LogP contribution in [0.2, 0.25) is 0 Å². The van der Waals surface area contributed by atoms with Crippen LogP contribution in [0.5, 0.6) is 0 Å². The van der Waals surface area contributed by atoms with Crippen LogP contribution in [0.1, 0.15) is 42.9 Å². The molecule has 0 unspecified atom stereocenters. The number of nitrogens with zero attached hydrogens (tertiary/aromatic N) is 3. The molecule has 1 N–H and O–H groups in total.